The fraction of sp³-hybridized carbons (Fsp3) is 0.400. The van der Waals surface area contributed by atoms with Crippen molar-refractivity contribution in [2.24, 2.45) is 5.92 Å². The molecule has 0 spiro atoms. The summed E-state index contributed by atoms with van der Waals surface area (Å²) in [5, 5.41) is 13.6. The molecule has 1 saturated carbocycles. The van der Waals surface area contributed by atoms with Crippen LogP contribution in [-0.4, -0.2) is 11.0 Å². The van der Waals surface area contributed by atoms with Gasteiger partial charge in [0.1, 0.15) is 11.5 Å². The lowest BCUT2D eigenvalue weighted by Crippen LogP contribution is -2.06. The summed E-state index contributed by atoms with van der Waals surface area (Å²) in [6.07, 6.45) is 0.964. The SMILES string of the molecule is CC1CC1Nc1cc(Cl)c(F)cc1[N+](=O)[O-]. The van der Waals surface area contributed by atoms with Crippen LogP contribution < -0.4 is 5.32 Å². The minimum absolute atomic E-state index is 0.110. The Morgan fingerprint density at radius 2 is 2.25 bits per heavy atom. The number of nitrogens with zero attached hydrogens (tertiary/aromatic N) is 1. The minimum atomic E-state index is -0.775. The third-order valence-corrected chi connectivity index (χ3v) is 2.98. The second kappa shape index (κ2) is 3.90. The van der Waals surface area contributed by atoms with Crippen molar-refractivity contribution in [1.29, 1.82) is 0 Å². The third-order valence-electron chi connectivity index (χ3n) is 2.69. The van der Waals surface area contributed by atoms with Crippen LogP contribution in [0, 0.1) is 21.8 Å². The molecule has 2 atom stereocenters. The van der Waals surface area contributed by atoms with Crippen LogP contribution in [0.1, 0.15) is 13.3 Å². The van der Waals surface area contributed by atoms with E-state index in [0.717, 1.165) is 12.5 Å². The van der Waals surface area contributed by atoms with Crippen molar-refractivity contribution in [3.05, 3.63) is 33.1 Å². The molecule has 1 aliphatic carbocycles. The van der Waals surface area contributed by atoms with Crippen molar-refractivity contribution in [2.75, 3.05) is 5.32 Å². The summed E-state index contributed by atoms with van der Waals surface area (Å²) in [5.74, 6) is -0.286. The van der Waals surface area contributed by atoms with Crippen molar-refractivity contribution < 1.29 is 9.31 Å². The number of nitrogens with one attached hydrogen (secondary N) is 1. The highest BCUT2D eigenvalue weighted by molar-refractivity contribution is 6.31. The van der Waals surface area contributed by atoms with E-state index < -0.39 is 10.7 Å². The Kier molecular flexibility index (Phi) is 2.71. The number of anilines is 1. The predicted molar refractivity (Wildman–Crippen MR) is 59.3 cm³/mol. The van der Waals surface area contributed by atoms with E-state index in [2.05, 4.69) is 5.32 Å². The number of halogens is 2. The Labute approximate surface area is 96.6 Å². The fourth-order valence-electron chi connectivity index (χ4n) is 1.53. The van der Waals surface area contributed by atoms with Crippen molar-refractivity contribution in [1.82, 2.24) is 0 Å². The number of hydrogen-bond acceptors (Lipinski definition) is 3. The van der Waals surface area contributed by atoms with Gasteiger partial charge in [0.2, 0.25) is 0 Å². The molecule has 0 amide bonds. The van der Waals surface area contributed by atoms with Gasteiger partial charge in [0.15, 0.2) is 0 Å². The molecule has 0 aromatic heterocycles. The standard InChI is InChI=1S/C10H10ClFN2O2/c1-5-2-8(5)13-9-3-6(11)7(12)4-10(9)14(15)16/h3-5,8,13H,2H2,1H3. The largest absolute Gasteiger partial charge is 0.376 e. The lowest BCUT2D eigenvalue weighted by atomic mass is 10.2. The molecule has 2 rings (SSSR count). The zero-order valence-electron chi connectivity index (χ0n) is 8.54. The quantitative estimate of drug-likeness (QED) is 0.656. The lowest BCUT2D eigenvalue weighted by molar-refractivity contribution is -0.384. The van der Waals surface area contributed by atoms with Crippen molar-refractivity contribution in [3.63, 3.8) is 0 Å². The van der Waals surface area contributed by atoms with Crippen LogP contribution in [0.15, 0.2) is 12.1 Å². The summed E-state index contributed by atoms with van der Waals surface area (Å²) in [4.78, 5) is 10.1. The molecule has 2 unspecified atom stereocenters. The van der Waals surface area contributed by atoms with Gasteiger partial charge < -0.3 is 5.32 Å². The maximum Gasteiger partial charge on any atom is 0.295 e. The number of nitro benzene ring substituents is 1. The Hall–Kier alpha value is -1.36. The number of benzene rings is 1. The zero-order chi connectivity index (χ0) is 11.9. The van der Waals surface area contributed by atoms with Crippen LogP contribution in [0.5, 0.6) is 0 Å². The zero-order valence-corrected chi connectivity index (χ0v) is 9.29. The molecule has 0 radical (unpaired) electrons. The smallest absolute Gasteiger partial charge is 0.295 e. The van der Waals surface area contributed by atoms with Gasteiger partial charge in [-0.05, 0) is 18.4 Å². The first-order chi connectivity index (χ1) is 7.49. The molecule has 86 valence electrons. The van der Waals surface area contributed by atoms with Crippen LogP contribution >= 0.6 is 11.6 Å². The fourth-order valence-corrected chi connectivity index (χ4v) is 1.69. The Bertz CT molecular complexity index is 453. The highest BCUT2D eigenvalue weighted by Crippen LogP contribution is 2.37. The third kappa shape index (κ3) is 2.09. The maximum atomic E-state index is 13.1. The maximum absolute atomic E-state index is 13.1. The second-order valence-corrected chi connectivity index (χ2v) is 4.41. The second-order valence-electron chi connectivity index (χ2n) is 4.00. The molecule has 0 saturated heterocycles. The molecule has 1 N–H and O–H groups in total. The van der Waals surface area contributed by atoms with E-state index in [-0.39, 0.29) is 22.4 Å². The molecular weight excluding hydrogens is 235 g/mol. The van der Waals surface area contributed by atoms with Crippen molar-refractivity contribution >= 4 is 23.0 Å². The Balaban J connectivity index is 2.33. The Morgan fingerprint density at radius 3 is 2.75 bits per heavy atom. The molecule has 0 bridgehead atoms. The molecule has 4 nitrogen and oxygen atoms in total. The summed E-state index contributed by atoms with van der Waals surface area (Å²) in [6.45, 7) is 2.04. The molecule has 1 aromatic carbocycles. The first kappa shape index (κ1) is 11.1. The van der Waals surface area contributed by atoms with Gasteiger partial charge in [0.05, 0.1) is 16.0 Å². The van der Waals surface area contributed by atoms with Gasteiger partial charge in [-0.25, -0.2) is 4.39 Å². The minimum Gasteiger partial charge on any atom is -0.376 e. The lowest BCUT2D eigenvalue weighted by Gasteiger charge is -2.06. The van der Waals surface area contributed by atoms with Gasteiger partial charge >= 0.3 is 0 Å². The van der Waals surface area contributed by atoms with Gasteiger partial charge in [-0.3, -0.25) is 10.1 Å². The van der Waals surface area contributed by atoms with Crippen LogP contribution in [0.4, 0.5) is 15.8 Å². The summed E-state index contributed by atoms with van der Waals surface area (Å²) >= 11 is 5.59. The van der Waals surface area contributed by atoms with E-state index in [4.69, 9.17) is 11.6 Å². The molecule has 1 aliphatic rings. The molecule has 6 heteroatoms. The number of hydrogen-bond donors (Lipinski definition) is 1. The highest BCUT2D eigenvalue weighted by atomic mass is 35.5. The average Bonchev–Trinajstić information content (AvgIpc) is 2.87. The van der Waals surface area contributed by atoms with Crippen molar-refractivity contribution in [2.45, 2.75) is 19.4 Å². The molecule has 0 heterocycles. The summed E-state index contributed by atoms with van der Waals surface area (Å²) < 4.78 is 13.1. The van der Waals surface area contributed by atoms with E-state index in [0.29, 0.717) is 5.92 Å². The van der Waals surface area contributed by atoms with Crippen LogP contribution in [0.2, 0.25) is 5.02 Å². The summed E-state index contributed by atoms with van der Waals surface area (Å²) in [6, 6.07) is 2.33. The van der Waals surface area contributed by atoms with Gasteiger partial charge in [0, 0.05) is 6.04 Å². The highest BCUT2D eigenvalue weighted by Gasteiger charge is 2.34. The van der Waals surface area contributed by atoms with Gasteiger partial charge in [-0.1, -0.05) is 18.5 Å². The van der Waals surface area contributed by atoms with Gasteiger partial charge in [-0.15, -0.1) is 0 Å². The predicted octanol–water partition coefficient (Wildman–Crippen LogP) is 3.21. The summed E-state index contributed by atoms with van der Waals surface area (Å²) in [5.41, 5.74) is 0.00625. The first-order valence-electron chi connectivity index (χ1n) is 4.89. The van der Waals surface area contributed by atoms with E-state index in [1.165, 1.54) is 6.07 Å². The number of nitro groups is 1. The number of rotatable bonds is 3. The van der Waals surface area contributed by atoms with E-state index >= 15 is 0 Å². The van der Waals surface area contributed by atoms with Gasteiger partial charge in [0.25, 0.3) is 5.69 Å². The van der Waals surface area contributed by atoms with Crippen LogP contribution in [0.25, 0.3) is 0 Å². The molecule has 0 aliphatic heterocycles. The summed E-state index contributed by atoms with van der Waals surface area (Å²) in [7, 11) is 0. The van der Waals surface area contributed by atoms with Crippen LogP contribution in [0.3, 0.4) is 0 Å². The molecule has 16 heavy (non-hydrogen) atoms. The van der Waals surface area contributed by atoms with E-state index in [1.807, 2.05) is 6.92 Å². The molecule has 1 fully saturated rings. The first-order valence-corrected chi connectivity index (χ1v) is 5.27. The average molecular weight is 245 g/mol. The van der Waals surface area contributed by atoms with Crippen molar-refractivity contribution in [3.8, 4) is 0 Å². The van der Waals surface area contributed by atoms with Gasteiger partial charge in [-0.2, -0.15) is 0 Å². The molecular formula is C10H10ClFN2O2. The monoisotopic (exact) mass is 244 g/mol. The normalized spacial score (nSPS) is 22.9. The Morgan fingerprint density at radius 1 is 1.62 bits per heavy atom. The van der Waals surface area contributed by atoms with Crippen LogP contribution in [-0.2, 0) is 0 Å². The van der Waals surface area contributed by atoms with E-state index in [1.54, 1.807) is 0 Å². The topological polar surface area (TPSA) is 55.2 Å². The molecule has 1 aromatic rings. The van der Waals surface area contributed by atoms with E-state index in [9.17, 15) is 14.5 Å².